The molecule has 4 rings (SSSR count). The zero-order valence-electron chi connectivity index (χ0n) is 14.2. The summed E-state index contributed by atoms with van der Waals surface area (Å²) in [5.41, 5.74) is 1.05. The standard InChI is InChI=1S/C19H27N3O2/c23-19(21-10-15-5-2-7-20-9-15)17-12-22(11-14-3-1-4-14)13-18-16(17)6-8-24-18/h2,5,7,9,14,16-18H,1,3-4,6,8,10-13H2,(H,21,23)/t16-,17-,18+/m0/s1. The van der Waals surface area contributed by atoms with Crippen LogP contribution < -0.4 is 5.32 Å². The molecule has 3 fully saturated rings. The Kier molecular flexibility index (Phi) is 4.81. The van der Waals surface area contributed by atoms with Crippen LogP contribution in [0.5, 0.6) is 0 Å². The quantitative estimate of drug-likeness (QED) is 0.895. The normalized spacial score (nSPS) is 30.6. The maximum Gasteiger partial charge on any atom is 0.225 e. The minimum atomic E-state index is 0.0583. The number of ether oxygens (including phenoxy) is 1. The second-order valence-electron chi connectivity index (χ2n) is 7.56. The van der Waals surface area contributed by atoms with Crippen LogP contribution in [0.25, 0.3) is 0 Å². The summed E-state index contributed by atoms with van der Waals surface area (Å²) in [5.74, 6) is 1.46. The average molecular weight is 329 g/mol. The molecule has 0 spiro atoms. The topological polar surface area (TPSA) is 54.5 Å². The van der Waals surface area contributed by atoms with E-state index in [1.807, 2.05) is 18.3 Å². The minimum Gasteiger partial charge on any atom is -0.377 e. The van der Waals surface area contributed by atoms with Crippen LogP contribution in [-0.2, 0) is 16.1 Å². The molecule has 2 aliphatic heterocycles. The number of nitrogens with zero attached hydrogens (tertiary/aromatic N) is 2. The number of aromatic nitrogens is 1. The van der Waals surface area contributed by atoms with Crippen LogP contribution in [0.15, 0.2) is 24.5 Å². The highest BCUT2D eigenvalue weighted by Gasteiger charge is 2.44. The maximum absolute atomic E-state index is 12.8. The van der Waals surface area contributed by atoms with Gasteiger partial charge in [0.05, 0.1) is 12.0 Å². The summed E-state index contributed by atoms with van der Waals surface area (Å²) in [6, 6.07) is 3.90. The summed E-state index contributed by atoms with van der Waals surface area (Å²) in [7, 11) is 0. The molecule has 0 radical (unpaired) electrons. The highest BCUT2D eigenvalue weighted by Crippen LogP contribution is 2.36. The Bertz CT molecular complexity index is 561. The lowest BCUT2D eigenvalue weighted by Gasteiger charge is -2.42. The van der Waals surface area contributed by atoms with Crippen molar-refractivity contribution < 1.29 is 9.53 Å². The number of hydrogen-bond acceptors (Lipinski definition) is 4. The Morgan fingerprint density at radius 1 is 1.33 bits per heavy atom. The Balaban J connectivity index is 1.37. The number of piperidine rings is 1. The molecule has 5 nitrogen and oxygen atoms in total. The molecule has 1 aromatic rings. The van der Waals surface area contributed by atoms with Crippen molar-refractivity contribution in [3.63, 3.8) is 0 Å². The van der Waals surface area contributed by atoms with Gasteiger partial charge in [-0.05, 0) is 36.8 Å². The fraction of sp³-hybridized carbons (Fsp3) is 0.684. The summed E-state index contributed by atoms with van der Waals surface area (Å²) in [4.78, 5) is 19.4. The molecule has 1 aromatic heterocycles. The first kappa shape index (κ1) is 16.0. The molecule has 0 aromatic carbocycles. The molecule has 3 atom stereocenters. The van der Waals surface area contributed by atoms with Crippen molar-refractivity contribution in [2.45, 2.75) is 38.3 Å². The Labute approximate surface area is 143 Å². The molecule has 2 saturated heterocycles. The molecule has 1 amide bonds. The summed E-state index contributed by atoms with van der Waals surface area (Å²) >= 11 is 0. The molecule has 3 aliphatic rings. The summed E-state index contributed by atoms with van der Waals surface area (Å²) < 4.78 is 5.93. The van der Waals surface area contributed by atoms with E-state index in [2.05, 4.69) is 15.2 Å². The second-order valence-corrected chi connectivity index (χ2v) is 7.56. The SMILES string of the molecule is O=C(NCc1cccnc1)[C@H]1CN(CC2CCC2)C[C@H]2OCC[C@@H]12. The van der Waals surface area contributed by atoms with Crippen LogP contribution in [-0.4, -0.2) is 48.1 Å². The van der Waals surface area contributed by atoms with Crippen LogP contribution in [0.4, 0.5) is 0 Å². The average Bonchev–Trinajstić information content (AvgIpc) is 3.04. The van der Waals surface area contributed by atoms with Gasteiger partial charge < -0.3 is 10.1 Å². The third-order valence-electron chi connectivity index (χ3n) is 5.94. The molecule has 1 saturated carbocycles. The van der Waals surface area contributed by atoms with Gasteiger partial charge in [-0.1, -0.05) is 12.5 Å². The van der Waals surface area contributed by atoms with Gasteiger partial charge >= 0.3 is 0 Å². The van der Waals surface area contributed by atoms with Crippen molar-refractivity contribution in [1.29, 1.82) is 0 Å². The van der Waals surface area contributed by atoms with Crippen molar-refractivity contribution in [3.8, 4) is 0 Å². The van der Waals surface area contributed by atoms with Gasteiger partial charge in [0.2, 0.25) is 5.91 Å². The van der Waals surface area contributed by atoms with Crippen LogP contribution in [0.2, 0.25) is 0 Å². The number of likely N-dealkylation sites (tertiary alicyclic amines) is 1. The van der Waals surface area contributed by atoms with Crippen molar-refractivity contribution in [1.82, 2.24) is 15.2 Å². The van der Waals surface area contributed by atoms with Crippen molar-refractivity contribution in [2.75, 3.05) is 26.2 Å². The lowest BCUT2D eigenvalue weighted by atomic mass is 9.80. The van der Waals surface area contributed by atoms with Crippen LogP contribution in [0.1, 0.15) is 31.2 Å². The van der Waals surface area contributed by atoms with E-state index >= 15 is 0 Å². The predicted octanol–water partition coefficient (Wildman–Crippen LogP) is 1.83. The van der Waals surface area contributed by atoms with Gasteiger partial charge in [-0.2, -0.15) is 0 Å². The summed E-state index contributed by atoms with van der Waals surface area (Å²) in [5, 5.41) is 3.12. The number of hydrogen-bond donors (Lipinski definition) is 1. The fourth-order valence-electron chi connectivity index (χ4n) is 4.35. The number of rotatable bonds is 5. The van der Waals surface area contributed by atoms with Gasteiger partial charge in [0, 0.05) is 51.1 Å². The lowest BCUT2D eigenvalue weighted by molar-refractivity contribution is -0.131. The lowest BCUT2D eigenvalue weighted by Crippen LogP contribution is -2.53. The van der Waals surface area contributed by atoms with Gasteiger partial charge in [-0.25, -0.2) is 0 Å². The Morgan fingerprint density at radius 2 is 2.25 bits per heavy atom. The third-order valence-corrected chi connectivity index (χ3v) is 5.94. The first-order chi connectivity index (χ1) is 11.8. The number of amides is 1. The minimum absolute atomic E-state index is 0.0583. The van der Waals surface area contributed by atoms with E-state index in [9.17, 15) is 4.79 Å². The Morgan fingerprint density at radius 3 is 3.00 bits per heavy atom. The maximum atomic E-state index is 12.8. The van der Waals surface area contributed by atoms with E-state index in [-0.39, 0.29) is 17.9 Å². The highest BCUT2D eigenvalue weighted by atomic mass is 16.5. The first-order valence-corrected chi connectivity index (χ1v) is 9.30. The van der Waals surface area contributed by atoms with E-state index < -0.39 is 0 Å². The molecule has 0 unspecified atom stereocenters. The van der Waals surface area contributed by atoms with Crippen LogP contribution in [0, 0.1) is 17.8 Å². The molecular formula is C19H27N3O2. The smallest absolute Gasteiger partial charge is 0.225 e. The molecule has 1 aliphatic carbocycles. The van der Waals surface area contributed by atoms with Crippen molar-refractivity contribution in [2.24, 2.45) is 17.8 Å². The number of nitrogens with one attached hydrogen (secondary N) is 1. The van der Waals surface area contributed by atoms with E-state index in [1.165, 1.54) is 19.3 Å². The first-order valence-electron chi connectivity index (χ1n) is 9.30. The van der Waals surface area contributed by atoms with Crippen molar-refractivity contribution >= 4 is 5.91 Å². The van der Waals surface area contributed by atoms with E-state index in [1.54, 1.807) is 6.20 Å². The van der Waals surface area contributed by atoms with Crippen LogP contribution in [0.3, 0.4) is 0 Å². The van der Waals surface area contributed by atoms with E-state index in [0.29, 0.717) is 12.5 Å². The molecule has 1 N–H and O–H groups in total. The monoisotopic (exact) mass is 329 g/mol. The van der Waals surface area contributed by atoms with Gasteiger partial charge in [0.25, 0.3) is 0 Å². The zero-order chi connectivity index (χ0) is 16.4. The number of carbonyl (C=O) groups excluding carboxylic acids is 1. The number of carbonyl (C=O) groups is 1. The van der Waals surface area contributed by atoms with E-state index in [0.717, 1.165) is 44.1 Å². The summed E-state index contributed by atoms with van der Waals surface area (Å²) in [6.45, 7) is 4.40. The molecular weight excluding hydrogens is 302 g/mol. The van der Waals surface area contributed by atoms with Crippen LogP contribution >= 0.6 is 0 Å². The second kappa shape index (κ2) is 7.19. The molecule has 3 heterocycles. The Hall–Kier alpha value is -1.46. The van der Waals surface area contributed by atoms with E-state index in [4.69, 9.17) is 4.74 Å². The zero-order valence-corrected chi connectivity index (χ0v) is 14.2. The van der Waals surface area contributed by atoms with Crippen molar-refractivity contribution in [3.05, 3.63) is 30.1 Å². The molecule has 0 bridgehead atoms. The van der Waals surface area contributed by atoms with Gasteiger partial charge in [-0.3, -0.25) is 14.7 Å². The third kappa shape index (κ3) is 3.47. The van der Waals surface area contributed by atoms with Gasteiger partial charge in [-0.15, -0.1) is 0 Å². The van der Waals surface area contributed by atoms with Gasteiger partial charge in [0.1, 0.15) is 0 Å². The largest absolute Gasteiger partial charge is 0.377 e. The van der Waals surface area contributed by atoms with Gasteiger partial charge in [0.15, 0.2) is 0 Å². The fourth-order valence-corrected chi connectivity index (χ4v) is 4.35. The summed E-state index contributed by atoms with van der Waals surface area (Å²) in [6.07, 6.45) is 8.90. The number of fused-ring (bicyclic) bond motifs is 1. The highest BCUT2D eigenvalue weighted by molar-refractivity contribution is 5.79. The number of pyridine rings is 1. The predicted molar refractivity (Wildman–Crippen MR) is 91.2 cm³/mol. The molecule has 5 heteroatoms. The molecule has 24 heavy (non-hydrogen) atoms. The molecule has 130 valence electrons.